The Morgan fingerprint density at radius 2 is 1.61 bits per heavy atom. The Balaban J connectivity index is 1.62. The number of nitrogens with one attached hydrogen (secondary N) is 1. The van der Waals surface area contributed by atoms with E-state index in [9.17, 15) is 40.9 Å². The first-order chi connectivity index (χ1) is 17.0. The number of aliphatic hydroxyl groups excluding tert-OH is 8. The molecule has 36 heavy (non-hydrogen) atoms. The molecular weight excluding hydrogens is 490 g/mol. The fourth-order valence-electron chi connectivity index (χ4n) is 5.23. The van der Waals surface area contributed by atoms with Gasteiger partial charge in [0.05, 0.1) is 31.5 Å². The third-order valence-corrected chi connectivity index (χ3v) is 7.42. The predicted molar refractivity (Wildman–Crippen MR) is 115 cm³/mol. The SMILES string of the molecule is CN[C@H]1C[C@@H](N)[C@H](O)[C@H](O[C@@H]2O[C@H](CO)[C@H](O)[C@@H]3O[C@]4(O[C@H]23)O[C@H]([C@@H](N)CO)[C@H](O)[C@@H](O)[C@H]4O)[C@@H]1O. The first-order valence-corrected chi connectivity index (χ1v) is 11.8. The lowest BCUT2D eigenvalue weighted by Crippen LogP contribution is -2.69. The molecule has 0 aromatic carbocycles. The first-order valence-electron chi connectivity index (χ1n) is 11.8. The largest absolute Gasteiger partial charge is 0.395 e. The topological polar surface area (TPSA) is 272 Å². The molecule has 0 bridgehead atoms. The Morgan fingerprint density at radius 3 is 2.22 bits per heavy atom. The minimum Gasteiger partial charge on any atom is -0.395 e. The van der Waals surface area contributed by atoms with Gasteiger partial charge in [-0.05, 0) is 13.5 Å². The van der Waals surface area contributed by atoms with E-state index in [2.05, 4.69) is 5.32 Å². The van der Waals surface area contributed by atoms with Gasteiger partial charge in [0, 0.05) is 12.1 Å². The van der Waals surface area contributed by atoms with Crippen molar-refractivity contribution in [3.8, 4) is 0 Å². The Morgan fingerprint density at radius 1 is 0.944 bits per heavy atom. The molecule has 3 aliphatic heterocycles. The summed E-state index contributed by atoms with van der Waals surface area (Å²) in [4.78, 5) is 0. The summed E-state index contributed by atoms with van der Waals surface area (Å²) >= 11 is 0. The molecule has 3 saturated heterocycles. The Hall–Kier alpha value is -0.640. The highest BCUT2D eigenvalue weighted by Crippen LogP contribution is 2.45. The van der Waals surface area contributed by atoms with Crippen molar-refractivity contribution in [3.05, 3.63) is 0 Å². The van der Waals surface area contributed by atoms with Gasteiger partial charge in [-0.3, -0.25) is 0 Å². The van der Waals surface area contributed by atoms with E-state index in [0.717, 1.165) is 0 Å². The summed E-state index contributed by atoms with van der Waals surface area (Å²) in [6.45, 7) is -1.33. The fourth-order valence-corrected chi connectivity index (χ4v) is 5.23. The van der Waals surface area contributed by atoms with Gasteiger partial charge < -0.3 is 81.3 Å². The van der Waals surface area contributed by atoms with Crippen molar-refractivity contribution in [3.63, 3.8) is 0 Å². The molecule has 210 valence electrons. The normalized spacial score (nSPS) is 54.4. The summed E-state index contributed by atoms with van der Waals surface area (Å²) in [6, 6.07) is -2.50. The van der Waals surface area contributed by atoms with Gasteiger partial charge in [0.25, 0.3) is 0 Å². The van der Waals surface area contributed by atoms with Crippen molar-refractivity contribution in [2.24, 2.45) is 11.5 Å². The van der Waals surface area contributed by atoms with Gasteiger partial charge in [0.15, 0.2) is 12.4 Å². The summed E-state index contributed by atoms with van der Waals surface area (Å²) in [5.74, 6) is -2.48. The van der Waals surface area contributed by atoms with Crippen molar-refractivity contribution in [2.45, 2.75) is 104 Å². The van der Waals surface area contributed by atoms with Crippen LogP contribution in [0.3, 0.4) is 0 Å². The summed E-state index contributed by atoms with van der Waals surface area (Å²) in [5.41, 5.74) is 11.8. The van der Waals surface area contributed by atoms with Crippen LogP contribution in [0.25, 0.3) is 0 Å². The molecule has 1 aliphatic carbocycles. The highest BCUT2D eigenvalue weighted by Gasteiger charge is 2.67. The zero-order valence-electron chi connectivity index (χ0n) is 19.6. The molecule has 4 fully saturated rings. The van der Waals surface area contributed by atoms with Crippen LogP contribution < -0.4 is 16.8 Å². The smallest absolute Gasteiger partial charge is 0.314 e. The van der Waals surface area contributed by atoms with Crippen LogP contribution >= 0.6 is 0 Å². The highest BCUT2D eigenvalue weighted by atomic mass is 16.9. The van der Waals surface area contributed by atoms with Crippen LogP contribution in [0.4, 0.5) is 0 Å². The molecule has 0 aromatic heterocycles. The fraction of sp³-hybridized carbons (Fsp3) is 1.00. The Labute approximate surface area is 206 Å². The van der Waals surface area contributed by atoms with Crippen LogP contribution in [0.5, 0.6) is 0 Å². The number of hydrogen-bond donors (Lipinski definition) is 11. The lowest BCUT2D eigenvalue weighted by atomic mass is 9.84. The Kier molecular flexibility index (Phi) is 8.55. The zero-order valence-corrected chi connectivity index (χ0v) is 19.6. The van der Waals surface area contributed by atoms with Crippen molar-refractivity contribution in [1.82, 2.24) is 5.32 Å². The first kappa shape index (κ1) is 28.4. The van der Waals surface area contributed by atoms with Crippen LogP contribution in [0.2, 0.25) is 0 Å². The van der Waals surface area contributed by atoms with Gasteiger partial charge in [0.2, 0.25) is 0 Å². The van der Waals surface area contributed by atoms with E-state index in [1.807, 2.05) is 0 Å². The maximum atomic E-state index is 10.7. The third-order valence-electron chi connectivity index (χ3n) is 7.42. The number of aliphatic hydroxyl groups is 8. The number of hydrogen-bond acceptors (Lipinski definition) is 16. The second-order valence-corrected chi connectivity index (χ2v) is 9.72. The molecule has 16 heteroatoms. The molecule has 0 amide bonds. The number of likely N-dealkylation sites (N-methyl/N-ethyl adjacent to an activating group) is 1. The van der Waals surface area contributed by atoms with Crippen LogP contribution in [0, 0.1) is 0 Å². The van der Waals surface area contributed by atoms with E-state index < -0.39 is 111 Å². The van der Waals surface area contributed by atoms with Gasteiger partial charge in [0.1, 0.15) is 48.8 Å². The molecule has 0 aromatic rings. The highest BCUT2D eigenvalue weighted by molar-refractivity contribution is 5.05. The molecule has 0 radical (unpaired) electrons. The summed E-state index contributed by atoms with van der Waals surface area (Å²) in [6.07, 6.45) is -17.7. The van der Waals surface area contributed by atoms with E-state index in [-0.39, 0.29) is 6.42 Å². The lowest BCUT2D eigenvalue weighted by Gasteiger charge is -2.46. The van der Waals surface area contributed by atoms with Crippen LogP contribution in [0.1, 0.15) is 6.42 Å². The standard InChI is InChI=1S/C20H37N3O13/c1-23-7-2-5(21)9(26)15(10(7)27)33-19-17-16(11(28)8(4-25)32-19)35-20(36-17)18(31)13(30)12(29)14(34-20)6(22)3-24/h5-19,23-31H,2-4,21-22H2,1H3/t5-,6+,7+,8-,9+,10-,11+,12-,13-,14-,15+,16+,17+,18-,19+,20-/m1/s1. The van der Waals surface area contributed by atoms with Crippen molar-refractivity contribution < 1.29 is 64.5 Å². The number of ether oxygens (including phenoxy) is 5. The Bertz CT molecular complexity index is 756. The predicted octanol–water partition coefficient (Wildman–Crippen LogP) is -7.27. The molecule has 1 saturated carbocycles. The maximum Gasteiger partial charge on any atom is 0.314 e. The number of nitrogens with two attached hydrogens (primary N) is 2. The zero-order chi connectivity index (χ0) is 26.5. The molecule has 4 aliphatic rings. The van der Waals surface area contributed by atoms with E-state index in [1.54, 1.807) is 7.05 Å². The monoisotopic (exact) mass is 527 g/mol. The quantitative estimate of drug-likeness (QED) is 0.153. The van der Waals surface area contributed by atoms with Crippen molar-refractivity contribution in [2.75, 3.05) is 20.3 Å². The van der Waals surface area contributed by atoms with Crippen LogP contribution in [-0.4, -0.2) is 159 Å². The average molecular weight is 528 g/mol. The maximum absolute atomic E-state index is 10.7. The van der Waals surface area contributed by atoms with Gasteiger partial charge in [-0.1, -0.05) is 0 Å². The van der Waals surface area contributed by atoms with E-state index >= 15 is 0 Å². The third kappa shape index (κ3) is 4.68. The van der Waals surface area contributed by atoms with Crippen molar-refractivity contribution in [1.29, 1.82) is 0 Å². The van der Waals surface area contributed by atoms with Gasteiger partial charge in [-0.15, -0.1) is 0 Å². The minimum absolute atomic E-state index is 0.254. The summed E-state index contributed by atoms with van der Waals surface area (Å²) in [7, 11) is 1.60. The lowest BCUT2D eigenvalue weighted by molar-refractivity contribution is -0.439. The molecule has 0 unspecified atom stereocenters. The molecule has 16 atom stereocenters. The van der Waals surface area contributed by atoms with E-state index in [0.29, 0.717) is 0 Å². The second-order valence-electron chi connectivity index (χ2n) is 9.72. The molecule has 13 N–H and O–H groups in total. The summed E-state index contributed by atoms with van der Waals surface area (Å²) < 4.78 is 28.7. The van der Waals surface area contributed by atoms with E-state index in [4.69, 9.17) is 35.2 Å². The van der Waals surface area contributed by atoms with E-state index in [1.165, 1.54) is 0 Å². The molecule has 1 spiro atoms. The van der Waals surface area contributed by atoms with Gasteiger partial charge in [-0.25, -0.2) is 0 Å². The summed E-state index contributed by atoms with van der Waals surface area (Å²) in [5, 5.41) is 85.6. The molecule has 3 heterocycles. The number of rotatable bonds is 6. The van der Waals surface area contributed by atoms with Crippen LogP contribution in [-0.2, 0) is 23.7 Å². The van der Waals surface area contributed by atoms with Crippen LogP contribution in [0.15, 0.2) is 0 Å². The molecular formula is C20H37N3O13. The average Bonchev–Trinajstić information content (AvgIpc) is 3.27. The molecule has 4 rings (SSSR count). The minimum atomic E-state index is -2.48. The molecule has 16 nitrogen and oxygen atoms in total. The van der Waals surface area contributed by atoms with Gasteiger partial charge >= 0.3 is 5.97 Å². The van der Waals surface area contributed by atoms with Gasteiger partial charge in [-0.2, -0.15) is 0 Å². The van der Waals surface area contributed by atoms with Crippen molar-refractivity contribution >= 4 is 0 Å². The second kappa shape index (κ2) is 10.9. The number of fused-ring (bicyclic) bond motifs is 1.